The quantitative estimate of drug-likeness (QED) is 0.782. The Hall–Kier alpha value is -2.57. The summed E-state index contributed by atoms with van der Waals surface area (Å²) in [7, 11) is 0. The molecular formula is C16H16F2N4O. The van der Waals surface area contributed by atoms with E-state index in [-0.39, 0.29) is 11.2 Å². The molecule has 1 aromatic heterocycles. The summed E-state index contributed by atoms with van der Waals surface area (Å²) in [6.45, 7) is 1.27. The number of ether oxygens (including phenoxy) is 1. The number of tetrazole rings is 1. The van der Waals surface area contributed by atoms with Crippen LogP contribution in [0.1, 0.15) is 25.2 Å². The SMILES string of the molecule is CC(C)(Cc1ccc2cc(OC(F)F)ccc2c1)c1nn[nH]n1. The fourth-order valence-electron chi connectivity index (χ4n) is 2.60. The van der Waals surface area contributed by atoms with Crippen molar-refractivity contribution in [2.75, 3.05) is 0 Å². The Bertz CT molecular complexity index is 803. The second-order valence-corrected chi connectivity index (χ2v) is 6.02. The Morgan fingerprint density at radius 2 is 1.87 bits per heavy atom. The molecule has 0 fully saturated rings. The molecule has 0 saturated carbocycles. The third kappa shape index (κ3) is 3.44. The van der Waals surface area contributed by atoms with Gasteiger partial charge in [0, 0.05) is 5.41 Å². The number of benzene rings is 2. The fraction of sp³-hybridized carbons (Fsp3) is 0.312. The molecule has 2 aromatic carbocycles. The monoisotopic (exact) mass is 318 g/mol. The first-order valence-corrected chi connectivity index (χ1v) is 7.15. The predicted octanol–water partition coefficient (Wildman–Crippen LogP) is 3.47. The van der Waals surface area contributed by atoms with Gasteiger partial charge < -0.3 is 4.74 Å². The lowest BCUT2D eigenvalue weighted by Crippen LogP contribution is -2.22. The highest BCUT2D eigenvalue weighted by Gasteiger charge is 2.25. The number of H-pyrrole nitrogens is 1. The van der Waals surface area contributed by atoms with Crippen LogP contribution in [0.5, 0.6) is 5.75 Å². The molecule has 0 bridgehead atoms. The number of rotatable bonds is 5. The molecule has 120 valence electrons. The van der Waals surface area contributed by atoms with E-state index < -0.39 is 6.61 Å². The zero-order valence-corrected chi connectivity index (χ0v) is 12.8. The van der Waals surface area contributed by atoms with Gasteiger partial charge in [0.05, 0.1) is 0 Å². The van der Waals surface area contributed by atoms with Crippen molar-refractivity contribution in [1.82, 2.24) is 20.6 Å². The number of hydrogen-bond acceptors (Lipinski definition) is 4. The minimum atomic E-state index is -2.82. The highest BCUT2D eigenvalue weighted by Crippen LogP contribution is 2.28. The van der Waals surface area contributed by atoms with Crippen molar-refractivity contribution in [1.29, 1.82) is 0 Å². The van der Waals surface area contributed by atoms with Crippen LogP contribution in [0.25, 0.3) is 10.8 Å². The molecule has 0 atom stereocenters. The Morgan fingerprint density at radius 3 is 2.57 bits per heavy atom. The molecule has 23 heavy (non-hydrogen) atoms. The first-order chi connectivity index (χ1) is 10.9. The van der Waals surface area contributed by atoms with Gasteiger partial charge in [-0.15, -0.1) is 10.2 Å². The van der Waals surface area contributed by atoms with Crippen LogP contribution in [0.4, 0.5) is 8.78 Å². The van der Waals surface area contributed by atoms with Crippen molar-refractivity contribution in [2.24, 2.45) is 0 Å². The van der Waals surface area contributed by atoms with Crippen LogP contribution >= 0.6 is 0 Å². The van der Waals surface area contributed by atoms with Gasteiger partial charge in [-0.3, -0.25) is 0 Å². The van der Waals surface area contributed by atoms with Crippen molar-refractivity contribution < 1.29 is 13.5 Å². The summed E-state index contributed by atoms with van der Waals surface area (Å²) in [6.07, 6.45) is 0.734. The van der Waals surface area contributed by atoms with E-state index in [9.17, 15) is 8.78 Å². The molecule has 7 heteroatoms. The standard InChI is InChI=1S/C16H16F2N4O/c1-16(2,14-19-21-22-20-14)9-10-3-4-12-8-13(23-15(17)18)6-5-11(12)7-10/h3-8,15H,9H2,1-2H3,(H,19,20,21,22). The number of halogens is 2. The zero-order valence-electron chi connectivity index (χ0n) is 12.8. The van der Waals surface area contributed by atoms with Crippen LogP contribution in [0.2, 0.25) is 0 Å². The predicted molar refractivity (Wildman–Crippen MR) is 81.5 cm³/mol. The Labute approximate surface area is 131 Å². The van der Waals surface area contributed by atoms with Crippen molar-refractivity contribution in [3.63, 3.8) is 0 Å². The van der Waals surface area contributed by atoms with Gasteiger partial charge in [0.25, 0.3) is 0 Å². The Morgan fingerprint density at radius 1 is 1.13 bits per heavy atom. The van der Waals surface area contributed by atoms with E-state index in [1.807, 2.05) is 32.0 Å². The second-order valence-electron chi connectivity index (χ2n) is 6.02. The van der Waals surface area contributed by atoms with Crippen molar-refractivity contribution in [3.05, 3.63) is 47.8 Å². The van der Waals surface area contributed by atoms with Gasteiger partial charge in [-0.25, -0.2) is 0 Å². The number of aromatic amines is 1. The van der Waals surface area contributed by atoms with Crippen molar-refractivity contribution in [2.45, 2.75) is 32.3 Å². The van der Waals surface area contributed by atoms with Crippen LogP contribution in [0, 0.1) is 0 Å². The topological polar surface area (TPSA) is 63.7 Å². The van der Waals surface area contributed by atoms with Crippen molar-refractivity contribution >= 4 is 10.8 Å². The molecule has 3 rings (SSSR count). The van der Waals surface area contributed by atoms with Crippen molar-refractivity contribution in [3.8, 4) is 5.75 Å². The fourth-order valence-corrected chi connectivity index (χ4v) is 2.60. The summed E-state index contributed by atoms with van der Waals surface area (Å²) in [5.74, 6) is 0.811. The highest BCUT2D eigenvalue weighted by atomic mass is 19.3. The number of nitrogens with one attached hydrogen (secondary N) is 1. The minimum Gasteiger partial charge on any atom is -0.435 e. The Balaban J connectivity index is 1.86. The average molecular weight is 318 g/mol. The lowest BCUT2D eigenvalue weighted by atomic mass is 9.84. The zero-order chi connectivity index (χ0) is 16.4. The third-order valence-electron chi connectivity index (χ3n) is 3.70. The number of aromatic nitrogens is 4. The van der Waals surface area contributed by atoms with E-state index in [2.05, 4.69) is 25.4 Å². The average Bonchev–Trinajstić information content (AvgIpc) is 3.01. The summed E-state index contributed by atoms with van der Waals surface area (Å²) in [5, 5.41) is 16.0. The summed E-state index contributed by atoms with van der Waals surface area (Å²) >= 11 is 0. The van der Waals surface area contributed by atoms with Crippen LogP contribution in [-0.2, 0) is 11.8 Å². The summed E-state index contributed by atoms with van der Waals surface area (Å²) < 4.78 is 28.9. The molecule has 0 aliphatic rings. The van der Waals surface area contributed by atoms with Crippen LogP contribution in [0.3, 0.4) is 0 Å². The number of fused-ring (bicyclic) bond motifs is 1. The molecule has 1 N–H and O–H groups in total. The number of alkyl halides is 2. The first kappa shape index (κ1) is 15.3. The smallest absolute Gasteiger partial charge is 0.387 e. The summed E-state index contributed by atoms with van der Waals surface area (Å²) in [6, 6.07) is 10.8. The van der Waals surface area contributed by atoms with Gasteiger partial charge in [0.1, 0.15) is 5.75 Å². The normalized spacial score (nSPS) is 12.0. The molecule has 0 amide bonds. The Kier molecular flexibility index (Phi) is 3.94. The van der Waals surface area contributed by atoms with Gasteiger partial charge in [-0.05, 0) is 34.9 Å². The van der Waals surface area contributed by atoms with Gasteiger partial charge in [-0.2, -0.15) is 14.0 Å². The third-order valence-corrected chi connectivity index (χ3v) is 3.70. The van der Waals surface area contributed by atoms with Gasteiger partial charge in [-0.1, -0.05) is 43.3 Å². The highest BCUT2D eigenvalue weighted by molar-refractivity contribution is 5.84. The number of nitrogens with zero attached hydrogens (tertiary/aromatic N) is 3. The summed E-state index contributed by atoms with van der Waals surface area (Å²) in [5.41, 5.74) is 0.842. The molecule has 1 heterocycles. The molecule has 3 aromatic rings. The lowest BCUT2D eigenvalue weighted by Gasteiger charge is -2.20. The van der Waals surface area contributed by atoms with Crippen LogP contribution < -0.4 is 4.74 Å². The maximum atomic E-state index is 12.3. The summed E-state index contributed by atoms with van der Waals surface area (Å²) in [4.78, 5) is 0. The second kappa shape index (κ2) is 5.91. The number of hydrogen-bond donors (Lipinski definition) is 1. The molecule has 0 aliphatic heterocycles. The van der Waals surface area contributed by atoms with E-state index in [0.29, 0.717) is 5.82 Å². The van der Waals surface area contributed by atoms with E-state index >= 15 is 0 Å². The van der Waals surface area contributed by atoms with Gasteiger partial charge in [0.2, 0.25) is 0 Å². The van der Waals surface area contributed by atoms with Crippen LogP contribution in [0.15, 0.2) is 36.4 Å². The molecule has 5 nitrogen and oxygen atoms in total. The molecule has 0 radical (unpaired) electrons. The van der Waals surface area contributed by atoms with Gasteiger partial charge in [0.15, 0.2) is 5.82 Å². The maximum absolute atomic E-state index is 12.3. The minimum absolute atomic E-state index is 0.160. The largest absolute Gasteiger partial charge is 0.435 e. The van der Waals surface area contributed by atoms with E-state index in [4.69, 9.17) is 0 Å². The molecule has 0 saturated heterocycles. The molecule has 0 aliphatic carbocycles. The first-order valence-electron chi connectivity index (χ1n) is 7.15. The molecule has 0 unspecified atom stereocenters. The lowest BCUT2D eigenvalue weighted by molar-refractivity contribution is -0.0497. The van der Waals surface area contributed by atoms with E-state index in [1.54, 1.807) is 18.2 Å². The van der Waals surface area contributed by atoms with Gasteiger partial charge >= 0.3 is 6.61 Å². The van der Waals surface area contributed by atoms with E-state index in [1.165, 1.54) is 0 Å². The van der Waals surface area contributed by atoms with E-state index in [0.717, 1.165) is 22.8 Å². The molecule has 0 spiro atoms. The molecular weight excluding hydrogens is 302 g/mol. The van der Waals surface area contributed by atoms with Crippen LogP contribution in [-0.4, -0.2) is 27.2 Å². The maximum Gasteiger partial charge on any atom is 0.387 e.